The molecular formula is C19H22Cl2N2O3S. The molecule has 0 aliphatic carbocycles. The average molecular weight is 429 g/mol. The van der Waals surface area contributed by atoms with Crippen LogP contribution in [-0.2, 0) is 10.0 Å². The number of carbonyl (C=O) groups is 1. The Bertz CT molecular complexity index is 894. The fourth-order valence-corrected chi connectivity index (χ4v) is 4.43. The Morgan fingerprint density at radius 2 is 1.59 bits per heavy atom. The zero-order chi connectivity index (χ0) is 20.0. The van der Waals surface area contributed by atoms with Crippen LogP contribution in [0.25, 0.3) is 0 Å². The molecule has 0 radical (unpaired) electrons. The van der Waals surface area contributed by atoms with Crippen LogP contribution in [0.4, 0.5) is 5.69 Å². The van der Waals surface area contributed by atoms with E-state index in [9.17, 15) is 13.2 Å². The number of benzene rings is 2. The molecule has 0 saturated carbocycles. The standard InChI is InChI=1S/C19H22Cl2N2O3S/c1-3-11-23(12-4-2)19(24)14-5-8-16(9-6-14)22-27(25,26)18-13-15(20)7-10-17(18)21/h5-10,13,22H,3-4,11-12H2,1-2H3. The summed E-state index contributed by atoms with van der Waals surface area (Å²) in [7, 11) is -3.89. The van der Waals surface area contributed by atoms with Gasteiger partial charge in [0.15, 0.2) is 0 Å². The summed E-state index contributed by atoms with van der Waals surface area (Å²) in [5.41, 5.74) is 0.848. The minimum absolute atomic E-state index is 0.0639. The SMILES string of the molecule is CCCN(CCC)C(=O)c1ccc(NS(=O)(=O)c2cc(Cl)ccc2Cl)cc1. The maximum absolute atomic E-state index is 12.6. The van der Waals surface area contributed by atoms with Crippen molar-refractivity contribution in [2.45, 2.75) is 31.6 Å². The van der Waals surface area contributed by atoms with E-state index in [1.165, 1.54) is 18.2 Å². The number of nitrogens with one attached hydrogen (secondary N) is 1. The molecule has 2 aromatic rings. The van der Waals surface area contributed by atoms with Crippen LogP contribution < -0.4 is 4.72 Å². The molecule has 0 atom stereocenters. The van der Waals surface area contributed by atoms with Crippen molar-refractivity contribution in [2.24, 2.45) is 0 Å². The van der Waals surface area contributed by atoms with E-state index in [1.54, 1.807) is 29.2 Å². The second kappa shape index (κ2) is 9.44. The summed E-state index contributed by atoms with van der Waals surface area (Å²) < 4.78 is 27.5. The fourth-order valence-electron chi connectivity index (χ4n) is 2.61. The van der Waals surface area contributed by atoms with Crippen LogP contribution in [0.3, 0.4) is 0 Å². The Labute approximate surface area is 170 Å². The zero-order valence-corrected chi connectivity index (χ0v) is 17.5. The van der Waals surface area contributed by atoms with E-state index in [2.05, 4.69) is 4.72 Å². The highest BCUT2D eigenvalue weighted by atomic mass is 35.5. The van der Waals surface area contributed by atoms with Gasteiger partial charge in [0, 0.05) is 29.4 Å². The predicted octanol–water partition coefficient (Wildman–Crippen LogP) is 5.06. The van der Waals surface area contributed by atoms with Crippen molar-refractivity contribution in [2.75, 3.05) is 17.8 Å². The number of halogens is 2. The summed E-state index contributed by atoms with van der Waals surface area (Å²) >= 11 is 11.8. The Morgan fingerprint density at radius 1 is 1.00 bits per heavy atom. The second-order valence-corrected chi connectivity index (χ2v) is 8.54. The maximum Gasteiger partial charge on any atom is 0.263 e. The lowest BCUT2D eigenvalue weighted by molar-refractivity contribution is 0.0755. The van der Waals surface area contributed by atoms with Crippen molar-refractivity contribution in [1.29, 1.82) is 0 Å². The second-order valence-electron chi connectivity index (χ2n) is 6.05. The van der Waals surface area contributed by atoms with Crippen molar-refractivity contribution in [3.63, 3.8) is 0 Å². The van der Waals surface area contributed by atoms with Gasteiger partial charge >= 0.3 is 0 Å². The molecule has 8 heteroatoms. The molecule has 0 unspecified atom stereocenters. The lowest BCUT2D eigenvalue weighted by Crippen LogP contribution is -2.32. The van der Waals surface area contributed by atoms with Gasteiger partial charge in [0.1, 0.15) is 4.90 Å². The molecule has 0 aliphatic heterocycles. The van der Waals surface area contributed by atoms with Gasteiger partial charge in [-0.05, 0) is 55.3 Å². The van der Waals surface area contributed by atoms with Crippen LogP contribution in [0.15, 0.2) is 47.4 Å². The van der Waals surface area contributed by atoms with Crippen LogP contribution in [0.2, 0.25) is 10.0 Å². The highest BCUT2D eigenvalue weighted by Gasteiger charge is 2.19. The van der Waals surface area contributed by atoms with E-state index in [0.29, 0.717) is 24.3 Å². The quantitative estimate of drug-likeness (QED) is 0.638. The molecule has 0 spiro atoms. The predicted molar refractivity (Wildman–Crippen MR) is 110 cm³/mol. The van der Waals surface area contributed by atoms with Gasteiger partial charge in [0.25, 0.3) is 15.9 Å². The van der Waals surface area contributed by atoms with Gasteiger partial charge in [0.05, 0.1) is 5.02 Å². The van der Waals surface area contributed by atoms with Crippen molar-refractivity contribution < 1.29 is 13.2 Å². The number of hydrogen-bond donors (Lipinski definition) is 1. The Morgan fingerprint density at radius 3 is 2.15 bits per heavy atom. The van der Waals surface area contributed by atoms with Gasteiger partial charge in [-0.3, -0.25) is 9.52 Å². The van der Waals surface area contributed by atoms with Gasteiger partial charge in [-0.15, -0.1) is 0 Å². The molecule has 0 bridgehead atoms. The third-order valence-electron chi connectivity index (χ3n) is 3.84. The summed E-state index contributed by atoms with van der Waals surface area (Å²) in [5.74, 6) is -0.0639. The Hall–Kier alpha value is -1.76. The summed E-state index contributed by atoms with van der Waals surface area (Å²) in [4.78, 5) is 14.3. The molecule has 2 rings (SSSR count). The van der Waals surface area contributed by atoms with E-state index in [-0.39, 0.29) is 20.8 Å². The molecule has 1 amide bonds. The fraction of sp³-hybridized carbons (Fsp3) is 0.316. The molecular weight excluding hydrogens is 407 g/mol. The number of hydrogen-bond acceptors (Lipinski definition) is 3. The Kier molecular flexibility index (Phi) is 7.53. The van der Waals surface area contributed by atoms with Gasteiger partial charge in [-0.1, -0.05) is 37.0 Å². The number of nitrogens with zero attached hydrogens (tertiary/aromatic N) is 1. The molecule has 5 nitrogen and oxygen atoms in total. The molecule has 2 aromatic carbocycles. The highest BCUT2D eigenvalue weighted by molar-refractivity contribution is 7.92. The van der Waals surface area contributed by atoms with Crippen molar-refractivity contribution >= 4 is 44.8 Å². The number of carbonyl (C=O) groups excluding carboxylic acids is 1. The lowest BCUT2D eigenvalue weighted by Gasteiger charge is -2.21. The average Bonchev–Trinajstić information content (AvgIpc) is 2.63. The topological polar surface area (TPSA) is 66.5 Å². The van der Waals surface area contributed by atoms with E-state index < -0.39 is 10.0 Å². The summed E-state index contributed by atoms with van der Waals surface area (Å²) in [6.07, 6.45) is 1.76. The van der Waals surface area contributed by atoms with E-state index >= 15 is 0 Å². The van der Waals surface area contributed by atoms with Crippen molar-refractivity contribution in [3.8, 4) is 0 Å². The first kappa shape index (κ1) is 21.5. The summed E-state index contributed by atoms with van der Waals surface area (Å²) in [6, 6.07) is 10.6. The summed E-state index contributed by atoms with van der Waals surface area (Å²) in [6.45, 7) is 5.42. The minimum atomic E-state index is -3.89. The molecule has 0 fully saturated rings. The van der Waals surface area contributed by atoms with Gasteiger partial charge in [0.2, 0.25) is 0 Å². The van der Waals surface area contributed by atoms with Crippen LogP contribution in [-0.4, -0.2) is 32.3 Å². The largest absolute Gasteiger partial charge is 0.339 e. The molecule has 0 saturated heterocycles. The van der Waals surface area contributed by atoms with Gasteiger partial charge in [-0.25, -0.2) is 8.42 Å². The molecule has 1 N–H and O–H groups in total. The number of rotatable bonds is 8. The van der Waals surface area contributed by atoms with Crippen LogP contribution in [0, 0.1) is 0 Å². The van der Waals surface area contributed by atoms with E-state index in [4.69, 9.17) is 23.2 Å². The lowest BCUT2D eigenvalue weighted by atomic mass is 10.1. The molecule has 0 aromatic heterocycles. The number of amides is 1. The van der Waals surface area contributed by atoms with Crippen molar-refractivity contribution in [1.82, 2.24) is 4.90 Å². The molecule has 146 valence electrons. The minimum Gasteiger partial charge on any atom is -0.339 e. The zero-order valence-electron chi connectivity index (χ0n) is 15.2. The third kappa shape index (κ3) is 5.61. The van der Waals surface area contributed by atoms with Crippen LogP contribution in [0.5, 0.6) is 0 Å². The first-order valence-corrected chi connectivity index (χ1v) is 10.9. The smallest absolute Gasteiger partial charge is 0.263 e. The van der Waals surface area contributed by atoms with Crippen LogP contribution in [0.1, 0.15) is 37.0 Å². The first-order valence-electron chi connectivity index (χ1n) is 8.65. The number of anilines is 1. The molecule has 0 aliphatic rings. The number of sulfonamides is 1. The van der Waals surface area contributed by atoms with E-state index in [0.717, 1.165) is 12.8 Å². The monoisotopic (exact) mass is 428 g/mol. The van der Waals surface area contributed by atoms with Crippen LogP contribution >= 0.6 is 23.2 Å². The summed E-state index contributed by atoms with van der Waals surface area (Å²) in [5, 5.41) is 0.348. The first-order chi connectivity index (χ1) is 12.8. The van der Waals surface area contributed by atoms with Crippen molar-refractivity contribution in [3.05, 3.63) is 58.1 Å². The normalized spacial score (nSPS) is 11.3. The molecule has 0 heterocycles. The highest BCUT2D eigenvalue weighted by Crippen LogP contribution is 2.27. The van der Waals surface area contributed by atoms with E-state index in [1.807, 2.05) is 13.8 Å². The Balaban J connectivity index is 2.20. The molecule has 27 heavy (non-hydrogen) atoms. The maximum atomic E-state index is 12.6. The van der Waals surface area contributed by atoms with Gasteiger partial charge in [-0.2, -0.15) is 0 Å². The van der Waals surface area contributed by atoms with Gasteiger partial charge < -0.3 is 4.90 Å². The third-order valence-corrected chi connectivity index (χ3v) is 5.94.